The van der Waals surface area contributed by atoms with Gasteiger partial charge in [0.1, 0.15) is 0 Å². The summed E-state index contributed by atoms with van der Waals surface area (Å²) >= 11 is 0. The molecule has 0 radical (unpaired) electrons. The Morgan fingerprint density at radius 2 is 2.06 bits per heavy atom. The Bertz CT molecular complexity index is 514. The SMILES string of the molecule is NCCc1cccc(C(=O)NCCS(N)(=O)=O)c1. The maximum atomic E-state index is 11.7. The first-order valence-corrected chi connectivity index (χ1v) is 7.21. The first kappa shape index (κ1) is 14.6. The van der Waals surface area contributed by atoms with Gasteiger partial charge in [0.25, 0.3) is 5.91 Å². The van der Waals surface area contributed by atoms with E-state index >= 15 is 0 Å². The Balaban J connectivity index is 2.58. The van der Waals surface area contributed by atoms with Crippen LogP contribution in [0.1, 0.15) is 15.9 Å². The number of nitrogens with one attached hydrogen (secondary N) is 1. The number of amides is 1. The predicted molar refractivity (Wildman–Crippen MR) is 69.5 cm³/mol. The number of nitrogens with two attached hydrogens (primary N) is 2. The van der Waals surface area contributed by atoms with Crippen molar-refractivity contribution >= 4 is 15.9 Å². The van der Waals surface area contributed by atoms with Crippen LogP contribution in [0.15, 0.2) is 24.3 Å². The second-order valence-electron chi connectivity index (χ2n) is 3.86. The van der Waals surface area contributed by atoms with Gasteiger partial charge in [-0.05, 0) is 30.7 Å². The molecule has 7 heteroatoms. The van der Waals surface area contributed by atoms with Gasteiger partial charge in [-0.3, -0.25) is 4.79 Å². The maximum absolute atomic E-state index is 11.7. The molecule has 0 spiro atoms. The molecule has 0 bridgehead atoms. The van der Waals surface area contributed by atoms with E-state index in [-0.39, 0.29) is 18.2 Å². The topological polar surface area (TPSA) is 115 Å². The molecule has 18 heavy (non-hydrogen) atoms. The van der Waals surface area contributed by atoms with Crippen LogP contribution in [-0.2, 0) is 16.4 Å². The summed E-state index contributed by atoms with van der Waals surface area (Å²) in [4.78, 5) is 11.7. The van der Waals surface area contributed by atoms with Crippen LogP contribution in [0, 0.1) is 0 Å². The molecule has 0 atom stereocenters. The molecule has 0 aliphatic heterocycles. The van der Waals surface area contributed by atoms with E-state index in [1.165, 1.54) is 0 Å². The molecular formula is C11H17N3O3S. The number of sulfonamides is 1. The van der Waals surface area contributed by atoms with Gasteiger partial charge in [0, 0.05) is 12.1 Å². The van der Waals surface area contributed by atoms with Crippen LogP contribution >= 0.6 is 0 Å². The minimum absolute atomic E-state index is 0.00121. The quantitative estimate of drug-likeness (QED) is 0.628. The van der Waals surface area contributed by atoms with Gasteiger partial charge in [0.05, 0.1) is 5.75 Å². The summed E-state index contributed by atoms with van der Waals surface area (Å²) in [5.41, 5.74) is 6.88. The summed E-state index contributed by atoms with van der Waals surface area (Å²) in [5, 5.41) is 7.33. The molecule has 0 aliphatic rings. The predicted octanol–water partition coefficient (Wildman–Crippen LogP) is -0.794. The molecule has 1 aromatic rings. The number of hydrogen-bond acceptors (Lipinski definition) is 4. The Morgan fingerprint density at radius 3 is 2.67 bits per heavy atom. The molecule has 1 aromatic carbocycles. The van der Waals surface area contributed by atoms with Gasteiger partial charge in [-0.2, -0.15) is 0 Å². The zero-order valence-electron chi connectivity index (χ0n) is 9.93. The van der Waals surface area contributed by atoms with Crippen LogP contribution in [0.5, 0.6) is 0 Å². The fourth-order valence-corrected chi connectivity index (χ4v) is 1.83. The van der Waals surface area contributed by atoms with E-state index in [0.717, 1.165) is 5.56 Å². The van der Waals surface area contributed by atoms with Crippen LogP contribution in [0.2, 0.25) is 0 Å². The lowest BCUT2D eigenvalue weighted by Crippen LogP contribution is -2.31. The van der Waals surface area contributed by atoms with Crippen molar-refractivity contribution in [3.8, 4) is 0 Å². The molecule has 6 nitrogen and oxygen atoms in total. The third kappa shape index (κ3) is 5.26. The van der Waals surface area contributed by atoms with E-state index in [0.29, 0.717) is 18.5 Å². The summed E-state index contributed by atoms with van der Waals surface area (Å²) in [6.45, 7) is 0.509. The number of benzene rings is 1. The number of carbonyl (C=O) groups is 1. The summed E-state index contributed by atoms with van der Waals surface area (Å²) in [6, 6.07) is 7.04. The normalized spacial score (nSPS) is 11.2. The number of primary sulfonamides is 1. The molecule has 0 aliphatic carbocycles. The highest BCUT2D eigenvalue weighted by molar-refractivity contribution is 7.89. The third-order valence-corrected chi connectivity index (χ3v) is 3.07. The van der Waals surface area contributed by atoms with Gasteiger partial charge in [0.2, 0.25) is 10.0 Å². The zero-order valence-corrected chi connectivity index (χ0v) is 10.7. The minimum Gasteiger partial charge on any atom is -0.351 e. The minimum atomic E-state index is -3.55. The van der Waals surface area contributed by atoms with Crippen molar-refractivity contribution in [1.82, 2.24) is 5.32 Å². The zero-order chi connectivity index (χ0) is 13.6. The Labute approximate surface area is 106 Å². The first-order chi connectivity index (χ1) is 8.42. The Morgan fingerprint density at radius 1 is 1.33 bits per heavy atom. The van der Waals surface area contributed by atoms with Crippen LogP contribution < -0.4 is 16.2 Å². The van der Waals surface area contributed by atoms with Crippen molar-refractivity contribution in [2.75, 3.05) is 18.8 Å². The smallest absolute Gasteiger partial charge is 0.251 e. The standard InChI is InChI=1S/C11H17N3O3S/c12-5-4-9-2-1-3-10(8-9)11(15)14-6-7-18(13,16)17/h1-3,8H,4-7,12H2,(H,14,15)(H2,13,16,17). The first-order valence-electron chi connectivity index (χ1n) is 5.50. The second-order valence-corrected chi connectivity index (χ2v) is 5.60. The van der Waals surface area contributed by atoms with Crippen molar-refractivity contribution in [2.24, 2.45) is 10.9 Å². The number of rotatable bonds is 6. The van der Waals surface area contributed by atoms with E-state index in [1.54, 1.807) is 18.2 Å². The summed E-state index contributed by atoms with van der Waals surface area (Å²) in [7, 11) is -3.55. The fourth-order valence-electron chi connectivity index (χ4n) is 1.44. The molecule has 0 fully saturated rings. The van der Waals surface area contributed by atoms with Gasteiger partial charge in [-0.1, -0.05) is 12.1 Å². The van der Waals surface area contributed by atoms with Gasteiger partial charge in [0.15, 0.2) is 0 Å². The van der Waals surface area contributed by atoms with Crippen molar-refractivity contribution in [3.05, 3.63) is 35.4 Å². The van der Waals surface area contributed by atoms with E-state index in [1.807, 2.05) is 6.07 Å². The largest absolute Gasteiger partial charge is 0.351 e. The molecule has 0 unspecified atom stereocenters. The lowest BCUT2D eigenvalue weighted by molar-refractivity contribution is 0.0956. The van der Waals surface area contributed by atoms with E-state index in [2.05, 4.69) is 5.32 Å². The maximum Gasteiger partial charge on any atom is 0.251 e. The van der Waals surface area contributed by atoms with Gasteiger partial charge >= 0.3 is 0 Å². The van der Waals surface area contributed by atoms with Crippen molar-refractivity contribution in [3.63, 3.8) is 0 Å². The molecule has 0 heterocycles. The highest BCUT2D eigenvalue weighted by atomic mass is 32.2. The number of carbonyl (C=O) groups excluding carboxylic acids is 1. The summed E-state index contributed by atoms with van der Waals surface area (Å²) in [6.07, 6.45) is 0.693. The highest BCUT2D eigenvalue weighted by Gasteiger charge is 2.07. The summed E-state index contributed by atoms with van der Waals surface area (Å²) < 4.78 is 21.4. The molecular weight excluding hydrogens is 254 g/mol. The van der Waals surface area contributed by atoms with Crippen LogP contribution in [-0.4, -0.2) is 33.2 Å². The molecule has 1 rings (SSSR count). The molecule has 0 saturated carbocycles. The second kappa shape index (κ2) is 6.48. The lowest BCUT2D eigenvalue weighted by atomic mass is 10.1. The summed E-state index contributed by atoms with van der Waals surface area (Å²) in [5.74, 6) is -0.598. The Hall–Kier alpha value is -1.44. The lowest BCUT2D eigenvalue weighted by Gasteiger charge is -2.06. The molecule has 1 amide bonds. The van der Waals surface area contributed by atoms with E-state index in [4.69, 9.17) is 10.9 Å². The highest BCUT2D eigenvalue weighted by Crippen LogP contribution is 2.05. The van der Waals surface area contributed by atoms with E-state index in [9.17, 15) is 13.2 Å². The van der Waals surface area contributed by atoms with Crippen molar-refractivity contribution in [1.29, 1.82) is 0 Å². The number of hydrogen-bond donors (Lipinski definition) is 3. The molecule has 0 aromatic heterocycles. The van der Waals surface area contributed by atoms with Crippen LogP contribution in [0.3, 0.4) is 0 Å². The van der Waals surface area contributed by atoms with Gasteiger partial charge in [-0.25, -0.2) is 13.6 Å². The Kier molecular flexibility index (Phi) is 5.26. The van der Waals surface area contributed by atoms with Crippen molar-refractivity contribution in [2.45, 2.75) is 6.42 Å². The van der Waals surface area contributed by atoms with Gasteiger partial charge < -0.3 is 11.1 Å². The monoisotopic (exact) mass is 271 g/mol. The molecule has 0 saturated heterocycles. The van der Waals surface area contributed by atoms with E-state index < -0.39 is 10.0 Å². The molecule has 100 valence electrons. The average molecular weight is 271 g/mol. The fraction of sp³-hybridized carbons (Fsp3) is 0.364. The molecule has 5 N–H and O–H groups in total. The average Bonchev–Trinajstić information content (AvgIpc) is 2.28. The van der Waals surface area contributed by atoms with Crippen molar-refractivity contribution < 1.29 is 13.2 Å². The third-order valence-electron chi connectivity index (χ3n) is 2.29. The van der Waals surface area contributed by atoms with Crippen LogP contribution in [0.25, 0.3) is 0 Å². The van der Waals surface area contributed by atoms with Crippen LogP contribution in [0.4, 0.5) is 0 Å². The van der Waals surface area contributed by atoms with Gasteiger partial charge in [-0.15, -0.1) is 0 Å².